The van der Waals surface area contributed by atoms with Crippen LogP contribution >= 0.6 is 0 Å². The fourth-order valence-electron chi connectivity index (χ4n) is 3.90. The number of nitrogens with zero attached hydrogens (tertiary/aromatic N) is 2. The maximum absolute atomic E-state index is 12.7. The molecule has 1 amide bonds. The van der Waals surface area contributed by atoms with Gasteiger partial charge in [0.25, 0.3) is 0 Å². The normalized spacial score (nSPS) is 15.3. The molecule has 1 aliphatic carbocycles. The third-order valence-corrected chi connectivity index (χ3v) is 5.20. The maximum atomic E-state index is 12.7. The molecule has 0 saturated heterocycles. The van der Waals surface area contributed by atoms with Gasteiger partial charge in [-0.25, -0.2) is 4.98 Å². The van der Waals surface area contributed by atoms with Gasteiger partial charge in [-0.15, -0.1) is 0 Å². The Morgan fingerprint density at radius 1 is 1.12 bits per heavy atom. The van der Waals surface area contributed by atoms with Crippen molar-refractivity contribution in [2.24, 2.45) is 0 Å². The Morgan fingerprint density at radius 2 is 1.92 bits per heavy atom. The molecule has 0 aliphatic heterocycles. The Kier molecular flexibility index (Phi) is 4.74. The van der Waals surface area contributed by atoms with Crippen LogP contribution in [0.4, 0.5) is 0 Å². The van der Waals surface area contributed by atoms with Gasteiger partial charge in [-0.1, -0.05) is 55.2 Å². The van der Waals surface area contributed by atoms with Crippen LogP contribution in [-0.4, -0.2) is 21.5 Å². The number of imidazole rings is 1. The summed E-state index contributed by atoms with van der Waals surface area (Å²) in [4.78, 5) is 17.5. The molecule has 1 saturated carbocycles. The Bertz CT molecular complexity index is 922. The second kappa shape index (κ2) is 7.32. The molecule has 4 heteroatoms. The average Bonchev–Trinajstić information content (AvgIpc) is 3.01. The zero-order chi connectivity index (χ0) is 17.9. The van der Waals surface area contributed by atoms with Gasteiger partial charge in [-0.05, 0) is 38.0 Å². The van der Waals surface area contributed by atoms with Gasteiger partial charge in [0.2, 0.25) is 5.91 Å². The van der Waals surface area contributed by atoms with Crippen LogP contribution in [0.15, 0.2) is 48.5 Å². The van der Waals surface area contributed by atoms with E-state index >= 15 is 0 Å². The molecule has 1 fully saturated rings. The van der Waals surface area contributed by atoms with Gasteiger partial charge in [0.15, 0.2) is 0 Å². The highest BCUT2D eigenvalue weighted by molar-refractivity contribution is 5.84. The topological polar surface area (TPSA) is 46.9 Å². The van der Waals surface area contributed by atoms with E-state index < -0.39 is 0 Å². The molecule has 1 N–H and O–H groups in total. The first-order valence-corrected chi connectivity index (χ1v) is 9.52. The van der Waals surface area contributed by atoms with Crippen LogP contribution < -0.4 is 5.32 Å². The average molecular weight is 347 g/mol. The molecule has 26 heavy (non-hydrogen) atoms. The van der Waals surface area contributed by atoms with Gasteiger partial charge in [0, 0.05) is 11.6 Å². The highest BCUT2D eigenvalue weighted by Crippen LogP contribution is 2.25. The molecule has 3 aromatic rings. The third kappa shape index (κ3) is 3.50. The molecule has 0 spiro atoms. The van der Waals surface area contributed by atoms with Crippen molar-refractivity contribution >= 4 is 16.9 Å². The molecule has 0 unspecified atom stereocenters. The molecule has 2 aromatic carbocycles. The highest BCUT2D eigenvalue weighted by Gasteiger charge is 2.19. The maximum Gasteiger partial charge on any atom is 0.240 e. The molecule has 0 atom stereocenters. The summed E-state index contributed by atoms with van der Waals surface area (Å²) in [6.07, 6.45) is 5.92. The number of para-hydroxylation sites is 2. The van der Waals surface area contributed by atoms with Gasteiger partial charge >= 0.3 is 0 Å². The number of carbonyl (C=O) groups is 1. The van der Waals surface area contributed by atoms with Gasteiger partial charge < -0.3 is 9.88 Å². The Labute approximate surface area is 154 Å². The van der Waals surface area contributed by atoms with Crippen LogP contribution in [0.25, 0.3) is 22.4 Å². The molecular weight excluding hydrogens is 322 g/mol. The molecule has 1 aromatic heterocycles. The summed E-state index contributed by atoms with van der Waals surface area (Å²) >= 11 is 0. The van der Waals surface area contributed by atoms with E-state index in [2.05, 4.69) is 30.4 Å². The van der Waals surface area contributed by atoms with Crippen molar-refractivity contribution in [1.82, 2.24) is 14.9 Å². The van der Waals surface area contributed by atoms with Gasteiger partial charge in [-0.3, -0.25) is 4.79 Å². The van der Waals surface area contributed by atoms with Crippen LogP contribution in [0.5, 0.6) is 0 Å². The lowest BCUT2D eigenvalue weighted by Crippen LogP contribution is -2.38. The fraction of sp³-hybridized carbons (Fsp3) is 0.364. The van der Waals surface area contributed by atoms with Crippen molar-refractivity contribution in [2.45, 2.75) is 51.6 Å². The van der Waals surface area contributed by atoms with E-state index in [-0.39, 0.29) is 5.91 Å². The quantitative estimate of drug-likeness (QED) is 0.757. The summed E-state index contributed by atoms with van der Waals surface area (Å²) in [6, 6.07) is 16.7. The van der Waals surface area contributed by atoms with Crippen LogP contribution in [0.1, 0.15) is 37.7 Å². The lowest BCUT2D eigenvalue weighted by molar-refractivity contribution is -0.122. The van der Waals surface area contributed by atoms with Crippen molar-refractivity contribution in [1.29, 1.82) is 0 Å². The summed E-state index contributed by atoms with van der Waals surface area (Å²) < 4.78 is 2.04. The second-order valence-electron chi connectivity index (χ2n) is 7.28. The molecule has 4 nitrogen and oxygen atoms in total. The number of hydrogen-bond donors (Lipinski definition) is 1. The van der Waals surface area contributed by atoms with Crippen LogP contribution in [-0.2, 0) is 11.3 Å². The standard InChI is InChI=1S/C22H25N3O/c1-16-8-7-9-17(14-16)22-24-19-12-5-6-13-20(19)25(22)15-21(26)23-18-10-3-2-4-11-18/h5-9,12-14,18H,2-4,10-11,15H2,1H3,(H,23,26). The number of rotatable bonds is 4. The van der Waals surface area contributed by atoms with Gasteiger partial charge in [0.05, 0.1) is 11.0 Å². The number of hydrogen-bond acceptors (Lipinski definition) is 2. The number of amides is 1. The van der Waals surface area contributed by atoms with Crippen LogP contribution in [0.2, 0.25) is 0 Å². The number of benzene rings is 2. The summed E-state index contributed by atoms with van der Waals surface area (Å²) in [5.74, 6) is 0.933. The minimum absolute atomic E-state index is 0.0777. The monoisotopic (exact) mass is 347 g/mol. The van der Waals surface area contributed by atoms with E-state index in [1.165, 1.54) is 24.8 Å². The smallest absolute Gasteiger partial charge is 0.240 e. The van der Waals surface area contributed by atoms with E-state index in [9.17, 15) is 4.79 Å². The van der Waals surface area contributed by atoms with Gasteiger partial charge in [-0.2, -0.15) is 0 Å². The Hall–Kier alpha value is -2.62. The van der Waals surface area contributed by atoms with E-state index in [1.54, 1.807) is 0 Å². The lowest BCUT2D eigenvalue weighted by Gasteiger charge is -2.23. The third-order valence-electron chi connectivity index (χ3n) is 5.20. The van der Waals surface area contributed by atoms with Crippen molar-refractivity contribution in [3.05, 3.63) is 54.1 Å². The molecule has 134 valence electrons. The van der Waals surface area contributed by atoms with E-state index in [0.29, 0.717) is 12.6 Å². The predicted molar refractivity (Wildman–Crippen MR) is 105 cm³/mol. The first-order valence-electron chi connectivity index (χ1n) is 9.52. The van der Waals surface area contributed by atoms with E-state index in [4.69, 9.17) is 4.98 Å². The first-order chi connectivity index (χ1) is 12.7. The zero-order valence-electron chi connectivity index (χ0n) is 15.2. The van der Waals surface area contributed by atoms with E-state index in [1.807, 2.05) is 34.9 Å². The summed E-state index contributed by atoms with van der Waals surface area (Å²) in [5, 5.41) is 3.22. The van der Waals surface area contributed by atoms with Crippen LogP contribution in [0.3, 0.4) is 0 Å². The van der Waals surface area contributed by atoms with Crippen molar-refractivity contribution in [3.63, 3.8) is 0 Å². The van der Waals surface area contributed by atoms with Crippen molar-refractivity contribution in [3.8, 4) is 11.4 Å². The first kappa shape index (κ1) is 16.8. The number of carbonyl (C=O) groups excluding carboxylic acids is 1. The molecule has 0 radical (unpaired) electrons. The summed E-state index contributed by atoms with van der Waals surface area (Å²) in [6.45, 7) is 2.38. The summed E-state index contributed by atoms with van der Waals surface area (Å²) in [7, 11) is 0. The van der Waals surface area contributed by atoms with Crippen molar-refractivity contribution in [2.75, 3.05) is 0 Å². The zero-order valence-corrected chi connectivity index (χ0v) is 15.2. The number of fused-ring (bicyclic) bond motifs is 1. The molecule has 1 heterocycles. The second-order valence-corrected chi connectivity index (χ2v) is 7.28. The minimum atomic E-state index is 0.0777. The van der Waals surface area contributed by atoms with E-state index in [0.717, 1.165) is 35.3 Å². The lowest BCUT2D eigenvalue weighted by atomic mass is 9.95. The van der Waals surface area contributed by atoms with Crippen LogP contribution in [0, 0.1) is 6.92 Å². The highest BCUT2D eigenvalue weighted by atomic mass is 16.2. The Balaban J connectivity index is 1.66. The van der Waals surface area contributed by atoms with Gasteiger partial charge in [0.1, 0.15) is 12.4 Å². The Morgan fingerprint density at radius 3 is 2.73 bits per heavy atom. The fourth-order valence-corrected chi connectivity index (χ4v) is 3.90. The molecule has 0 bridgehead atoms. The largest absolute Gasteiger partial charge is 0.352 e. The van der Waals surface area contributed by atoms with Crippen molar-refractivity contribution < 1.29 is 4.79 Å². The minimum Gasteiger partial charge on any atom is -0.352 e. The number of aromatic nitrogens is 2. The SMILES string of the molecule is Cc1cccc(-c2nc3ccccc3n2CC(=O)NC2CCCCC2)c1. The molecular formula is C22H25N3O. The molecule has 1 aliphatic rings. The summed E-state index contributed by atoms with van der Waals surface area (Å²) in [5.41, 5.74) is 4.16. The number of nitrogens with one attached hydrogen (secondary N) is 1. The number of aryl methyl sites for hydroxylation is 1. The predicted octanol–water partition coefficient (Wildman–Crippen LogP) is 4.46. The molecule has 4 rings (SSSR count).